The van der Waals surface area contributed by atoms with Crippen LogP contribution in [0.5, 0.6) is 5.75 Å². The number of aryl methyl sites for hydroxylation is 1. The van der Waals surface area contributed by atoms with Crippen molar-refractivity contribution in [3.63, 3.8) is 0 Å². The molecule has 0 fully saturated rings. The lowest BCUT2D eigenvalue weighted by Gasteiger charge is -2.17. The first-order chi connectivity index (χ1) is 16.9. The van der Waals surface area contributed by atoms with Crippen LogP contribution in [0.4, 0.5) is 13.2 Å². The van der Waals surface area contributed by atoms with E-state index in [2.05, 4.69) is 10.4 Å². The van der Waals surface area contributed by atoms with Crippen LogP contribution in [0.25, 0.3) is 11.3 Å². The van der Waals surface area contributed by atoms with Crippen molar-refractivity contribution in [1.29, 1.82) is 0 Å². The largest absolute Gasteiger partial charge is 0.489 e. The van der Waals surface area contributed by atoms with Crippen molar-refractivity contribution < 1.29 is 31.1 Å². The number of halogens is 3. The molecule has 1 aromatic heterocycles. The summed E-state index contributed by atoms with van der Waals surface area (Å²) in [4.78, 5) is 12.3. The summed E-state index contributed by atoms with van der Waals surface area (Å²) in [5.74, 6) is 0.219. The van der Waals surface area contributed by atoms with Crippen molar-refractivity contribution in [3.8, 4) is 17.0 Å². The highest BCUT2D eigenvalue weighted by Crippen LogP contribution is 2.32. The molecule has 0 bridgehead atoms. The molecule has 0 aliphatic heterocycles. The van der Waals surface area contributed by atoms with Crippen LogP contribution in [0.2, 0.25) is 0 Å². The van der Waals surface area contributed by atoms with Gasteiger partial charge in [0.2, 0.25) is 10.0 Å². The number of aromatic nitrogens is 2. The number of likely N-dealkylation sites (N-methyl/N-ethyl adjacent to an activating group) is 1. The molecule has 36 heavy (non-hydrogen) atoms. The number of nitrogens with zero attached hydrogens (tertiary/aromatic N) is 3. The van der Waals surface area contributed by atoms with Crippen LogP contribution in [0.15, 0.2) is 54.6 Å². The maximum Gasteiger partial charge on any atom is 0.435 e. The van der Waals surface area contributed by atoms with Crippen LogP contribution >= 0.6 is 0 Å². The third-order valence-electron chi connectivity index (χ3n) is 5.41. The summed E-state index contributed by atoms with van der Waals surface area (Å²) in [5.41, 5.74) is 1.20. The van der Waals surface area contributed by atoms with E-state index in [1.54, 1.807) is 55.5 Å². The summed E-state index contributed by atoms with van der Waals surface area (Å²) in [6.45, 7) is 2.66. The lowest BCUT2D eigenvalue weighted by atomic mass is 10.1. The molecule has 3 aromatic rings. The molecule has 8 nitrogen and oxygen atoms in total. The van der Waals surface area contributed by atoms with Crippen LogP contribution in [0.1, 0.15) is 28.5 Å². The fourth-order valence-corrected chi connectivity index (χ4v) is 4.36. The molecule has 3 rings (SSSR count). The lowest BCUT2D eigenvalue weighted by Crippen LogP contribution is -2.37. The minimum atomic E-state index is -4.51. The fourth-order valence-electron chi connectivity index (χ4n) is 3.47. The third-order valence-corrected chi connectivity index (χ3v) is 6.79. The van der Waals surface area contributed by atoms with Crippen molar-refractivity contribution >= 4 is 15.9 Å². The Balaban J connectivity index is 1.53. The van der Waals surface area contributed by atoms with Gasteiger partial charge in [0.15, 0.2) is 5.69 Å². The van der Waals surface area contributed by atoms with Gasteiger partial charge in [-0.15, -0.1) is 0 Å². The molecule has 0 saturated heterocycles. The highest BCUT2D eigenvalue weighted by atomic mass is 32.2. The second-order valence-electron chi connectivity index (χ2n) is 8.06. The van der Waals surface area contributed by atoms with E-state index in [1.807, 2.05) is 0 Å². The van der Waals surface area contributed by atoms with Crippen LogP contribution in [-0.4, -0.2) is 54.3 Å². The van der Waals surface area contributed by atoms with Gasteiger partial charge in [0.25, 0.3) is 5.91 Å². The number of hydrogen-bond donors (Lipinski definition) is 1. The summed E-state index contributed by atoms with van der Waals surface area (Å²) in [6, 6.07) is 14.4. The van der Waals surface area contributed by atoms with E-state index in [-0.39, 0.29) is 25.6 Å². The van der Waals surface area contributed by atoms with Crippen molar-refractivity contribution in [2.45, 2.75) is 19.7 Å². The van der Waals surface area contributed by atoms with Gasteiger partial charge in [0.1, 0.15) is 12.4 Å². The second kappa shape index (κ2) is 11.1. The van der Waals surface area contributed by atoms with E-state index in [0.29, 0.717) is 29.1 Å². The molecule has 0 unspecified atom stereocenters. The topological polar surface area (TPSA) is 93.5 Å². The molecule has 0 aliphatic rings. The second-order valence-corrected chi connectivity index (χ2v) is 10.0. The van der Waals surface area contributed by atoms with Crippen LogP contribution in [0, 0.1) is 0 Å². The number of hydrogen-bond acceptors (Lipinski definition) is 5. The predicted octanol–water partition coefficient (Wildman–Crippen LogP) is 3.70. The minimum absolute atomic E-state index is 0.190. The van der Waals surface area contributed by atoms with Crippen LogP contribution in [0.3, 0.4) is 0 Å². The smallest absolute Gasteiger partial charge is 0.435 e. The zero-order valence-electron chi connectivity index (χ0n) is 20.0. The van der Waals surface area contributed by atoms with Gasteiger partial charge in [-0.25, -0.2) is 12.7 Å². The van der Waals surface area contributed by atoms with Gasteiger partial charge in [-0.3, -0.25) is 9.48 Å². The molecule has 194 valence electrons. The first-order valence-electron chi connectivity index (χ1n) is 11.0. The Morgan fingerprint density at radius 2 is 1.75 bits per heavy atom. The van der Waals surface area contributed by atoms with Crippen molar-refractivity contribution in [2.75, 3.05) is 25.9 Å². The Hall–Kier alpha value is -3.38. The van der Waals surface area contributed by atoms with Crippen molar-refractivity contribution in [2.24, 2.45) is 7.05 Å². The average molecular weight is 525 g/mol. The molecule has 2 aromatic carbocycles. The molecule has 0 aliphatic carbocycles. The minimum Gasteiger partial charge on any atom is -0.489 e. The number of alkyl halides is 3. The average Bonchev–Trinajstić information content (AvgIpc) is 3.22. The number of benzene rings is 2. The van der Waals surface area contributed by atoms with E-state index < -0.39 is 21.9 Å². The van der Waals surface area contributed by atoms with E-state index in [4.69, 9.17) is 4.74 Å². The highest BCUT2D eigenvalue weighted by molar-refractivity contribution is 7.88. The van der Waals surface area contributed by atoms with Gasteiger partial charge in [0, 0.05) is 37.8 Å². The van der Waals surface area contributed by atoms with Crippen LogP contribution < -0.4 is 10.1 Å². The number of sulfonamides is 1. The number of carbonyl (C=O) groups excluding carboxylic acids is 1. The molecule has 0 radical (unpaired) electrons. The predicted molar refractivity (Wildman–Crippen MR) is 129 cm³/mol. The molecule has 1 amide bonds. The SMILES string of the molecule is CCN(CCNC(=O)c1ccc(COc2ccc(-c3cc(C(F)(F)F)nn3C)cc2)cc1)S(C)(=O)=O. The van der Waals surface area contributed by atoms with Gasteiger partial charge in [0.05, 0.1) is 11.9 Å². The summed E-state index contributed by atoms with van der Waals surface area (Å²) >= 11 is 0. The lowest BCUT2D eigenvalue weighted by molar-refractivity contribution is -0.141. The summed E-state index contributed by atoms with van der Waals surface area (Å²) < 4.78 is 70.1. The third kappa shape index (κ3) is 7.08. The number of amides is 1. The van der Waals surface area contributed by atoms with Crippen molar-refractivity contribution in [1.82, 2.24) is 19.4 Å². The highest BCUT2D eigenvalue weighted by Gasteiger charge is 2.34. The summed E-state index contributed by atoms with van der Waals surface area (Å²) in [5, 5.41) is 6.22. The Morgan fingerprint density at radius 1 is 1.11 bits per heavy atom. The van der Waals surface area contributed by atoms with E-state index >= 15 is 0 Å². The molecule has 0 spiro atoms. The first kappa shape index (κ1) is 27.2. The number of rotatable bonds is 10. The molecule has 1 N–H and O–H groups in total. The number of carbonyl (C=O) groups is 1. The molecule has 0 saturated carbocycles. The zero-order valence-corrected chi connectivity index (χ0v) is 20.9. The molecule has 12 heteroatoms. The number of ether oxygens (including phenoxy) is 1. The van der Waals surface area contributed by atoms with E-state index in [9.17, 15) is 26.4 Å². The Bertz CT molecular complexity index is 1290. The van der Waals surface area contributed by atoms with E-state index in [0.717, 1.165) is 17.9 Å². The summed E-state index contributed by atoms with van der Waals surface area (Å²) in [6.07, 6.45) is -3.38. The molecular formula is C24H27F3N4O4S. The molecule has 0 atom stereocenters. The van der Waals surface area contributed by atoms with Gasteiger partial charge in [-0.1, -0.05) is 19.1 Å². The van der Waals surface area contributed by atoms with Gasteiger partial charge in [-0.05, 0) is 48.0 Å². The Labute approximate surface area is 207 Å². The molecular weight excluding hydrogens is 497 g/mol. The van der Waals surface area contributed by atoms with Crippen molar-refractivity contribution in [3.05, 3.63) is 71.4 Å². The van der Waals surface area contributed by atoms with Gasteiger partial charge in [-0.2, -0.15) is 18.3 Å². The maximum atomic E-state index is 12.9. The van der Waals surface area contributed by atoms with Gasteiger partial charge < -0.3 is 10.1 Å². The first-order valence-corrected chi connectivity index (χ1v) is 12.9. The zero-order chi connectivity index (χ0) is 26.5. The van der Waals surface area contributed by atoms with Gasteiger partial charge >= 0.3 is 6.18 Å². The Kier molecular flexibility index (Phi) is 8.41. The quantitative estimate of drug-likeness (QED) is 0.437. The molecule has 1 heterocycles. The van der Waals surface area contributed by atoms with E-state index in [1.165, 1.54) is 16.0 Å². The Morgan fingerprint density at radius 3 is 2.28 bits per heavy atom. The monoisotopic (exact) mass is 524 g/mol. The maximum absolute atomic E-state index is 12.9. The number of nitrogens with one attached hydrogen (secondary N) is 1. The summed E-state index contributed by atoms with van der Waals surface area (Å²) in [7, 11) is -1.86. The fraction of sp³-hybridized carbons (Fsp3) is 0.333. The normalized spacial score (nSPS) is 12.1. The van der Waals surface area contributed by atoms with Crippen LogP contribution in [-0.2, 0) is 29.9 Å². The standard InChI is InChI=1S/C24H27F3N4O4S/c1-4-31(36(3,33)34)14-13-28-23(32)19-7-5-17(6-8-19)16-35-20-11-9-18(10-12-20)21-15-22(24(25,26)27)29-30(21)2/h5-12,15H,4,13-14,16H2,1-3H3,(H,28,32).